The topological polar surface area (TPSA) is 97.0 Å². The Balaban J connectivity index is 1.48. The fraction of sp³-hybridized carbons (Fsp3) is 0.400. The number of nitrogens with zero attached hydrogens (tertiary/aromatic N) is 3. The zero-order valence-corrected chi connectivity index (χ0v) is 22.4. The predicted octanol–water partition coefficient (Wildman–Crippen LogP) is 4.73. The highest BCUT2D eigenvalue weighted by Crippen LogP contribution is 2.30. The number of hydrogen-bond donors (Lipinski definition) is 3. The van der Waals surface area contributed by atoms with Gasteiger partial charge >= 0.3 is 12.1 Å². The number of urea groups is 2. The van der Waals surface area contributed by atoms with Crippen LogP contribution in [0, 0.1) is 0 Å². The van der Waals surface area contributed by atoms with E-state index in [1.54, 1.807) is 30.1 Å². The summed E-state index contributed by atoms with van der Waals surface area (Å²) < 4.78 is 0. The van der Waals surface area contributed by atoms with Crippen LogP contribution in [-0.2, 0) is 4.79 Å². The minimum Gasteiger partial charge on any atom is -0.368 e. The summed E-state index contributed by atoms with van der Waals surface area (Å²) >= 11 is 12.3. The molecule has 0 radical (unpaired) electrons. The average molecular weight is 535 g/mol. The average Bonchev–Trinajstić information content (AvgIpc) is 2.81. The number of carbonyl (C=O) groups is 3. The maximum absolute atomic E-state index is 12.7. The minimum atomic E-state index is -0.379. The molecule has 0 unspecified atom stereocenters. The maximum Gasteiger partial charge on any atom is 0.322 e. The fourth-order valence-electron chi connectivity index (χ4n) is 3.63. The second-order valence-electron chi connectivity index (χ2n) is 9.63. The van der Waals surface area contributed by atoms with Crippen LogP contribution in [0.2, 0.25) is 10.0 Å². The van der Waals surface area contributed by atoms with Gasteiger partial charge in [0.1, 0.15) is 6.54 Å². The number of likely N-dealkylation sites (N-methyl/N-ethyl adjacent to an activating group) is 1. The fourth-order valence-corrected chi connectivity index (χ4v) is 4.12. The number of nitrogens with one attached hydrogen (secondary N) is 3. The second-order valence-corrected chi connectivity index (χ2v) is 10.4. The Morgan fingerprint density at radius 1 is 0.917 bits per heavy atom. The summed E-state index contributed by atoms with van der Waals surface area (Å²) in [4.78, 5) is 42.4. The van der Waals surface area contributed by atoms with Gasteiger partial charge in [0.15, 0.2) is 0 Å². The van der Waals surface area contributed by atoms with Crippen LogP contribution in [0.4, 0.5) is 26.7 Å². The molecule has 36 heavy (non-hydrogen) atoms. The van der Waals surface area contributed by atoms with E-state index >= 15 is 0 Å². The van der Waals surface area contributed by atoms with Gasteiger partial charge in [-0.25, -0.2) is 9.59 Å². The predicted molar refractivity (Wildman–Crippen MR) is 145 cm³/mol. The van der Waals surface area contributed by atoms with Crippen molar-refractivity contribution in [3.63, 3.8) is 0 Å². The number of halogens is 2. The van der Waals surface area contributed by atoms with Gasteiger partial charge in [0, 0.05) is 50.1 Å². The van der Waals surface area contributed by atoms with Gasteiger partial charge in [-0.05, 0) is 57.2 Å². The normalized spacial score (nSPS) is 13.7. The molecule has 3 rings (SSSR count). The van der Waals surface area contributed by atoms with Crippen LogP contribution in [0.1, 0.15) is 20.8 Å². The maximum atomic E-state index is 12.7. The van der Waals surface area contributed by atoms with Crippen molar-refractivity contribution in [2.45, 2.75) is 26.3 Å². The van der Waals surface area contributed by atoms with Crippen LogP contribution in [0.25, 0.3) is 0 Å². The molecule has 1 heterocycles. The first kappa shape index (κ1) is 27.4. The highest BCUT2D eigenvalue weighted by Gasteiger charge is 2.23. The molecule has 2 aromatic carbocycles. The molecular formula is C25H32Cl2N6O3. The smallest absolute Gasteiger partial charge is 0.322 e. The molecule has 1 fully saturated rings. The minimum absolute atomic E-state index is 0.0624. The summed E-state index contributed by atoms with van der Waals surface area (Å²) in [6.45, 7) is 7.97. The Hall–Kier alpha value is -3.17. The lowest BCUT2D eigenvalue weighted by atomic mass is 10.1. The molecule has 0 atom stereocenters. The molecule has 11 heteroatoms. The number of hydrogen-bond acceptors (Lipinski definition) is 4. The van der Waals surface area contributed by atoms with Crippen molar-refractivity contribution in [1.82, 2.24) is 15.1 Å². The highest BCUT2D eigenvalue weighted by molar-refractivity contribution is 6.39. The standard InChI is InChI=1S/C25H32Cl2N6O3/c1-25(2,3)30-24(36)31(4)16-21(34)28-17-8-10-18(11-9-17)32-12-14-33(15-13-32)23(35)29-22-19(26)6-5-7-20(22)27/h5-11H,12-16H2,1-4H3,(H,28,34)(H,29,35)(H,30,36). The lowest BCUT2D eigenvalue weighted by molar-refractivity contribution is -0.116. The molecule has 0 saturated carbocycles. The van der Waals surface area contributed by atoms with Crippen molar-refractivity contribution in [2.24, 2.45) is 0 Å². The summed E-state index contributed by atoms with van der Waals surface area (Å²) in [5.41, 5.74) is 1.66. The van der Waals surface area contributed by atoms with E-state index in [1.165, 1.54) is 4.90 Å². The van der Waals surface area contributed by atoms with Crippen molar-refractivity contribution in [3.8, 4) is 0 Å². The Morgan fingerprint density at radius 2 is 1.50 bits per heavy atom. The van der Waals surface area contributed by atoms with Gasteiger partial charge in [-0.15, -0.1) is 0 Å². The summed E-state index contributed by atoms with van der Waals surface area (Å²) in [5, 5.41) is 9.21. The Morgan fingerprint density at radius 3 is 2.06 bits per heavy atom. The van der Waals surface area contributed by atoms with Crippen molar-refractivity contribution in [1.29, 1.82) is 0 Å². The van der Waals surface area contributed by atoms with Crippen molar-refractivity contribution >= 4 is 58.2 Å². The first-order valence-electron chi connectivity index (χ1n) is 11.6. The Bertz CT molecular complexity index is 1080. The van der Waals surface area contributed by atoms with Crippen molar-refractivity contribution in [2.75, 3.05) is 55.3 Å². The van der Waals surface area contributed by atoms with Gasteiger partial charge in [0.05, 0.1) is 15.7 Å². The number of para-hydroxylation sites is 1. The molecule has 1 aliphatic rings. The summed E-state index contributed by atoms with van der Waals surface area (Å²) in [5.74, 6) is -0.285. The number of anilines is 3. The van der Waals surface area contributed by atoms with Crippen molar-refractivity contribution in [3.05, 3.63) is 52.5 Å². The van der Waals surface area contributed by atoms with E-state index in [2.05, 4.69) is 20.9 Å². The Kier molecular flexibility index (Phi) is 8.92. The summed E-state index contributed by atoms with van der Waals surface area (Å²) in [7, 11) is 1.58. The number of piperazine rings is 1. The highest BCUT2D eigenvalue weighted by atomic mass is 35.5. The second kappa shape index (κ2) is 11.7. The Labute approximate surface area is 221 Å². The molecular weight excluding hydrogens is 503 g/mol. The van der Waals surface area contributed by atoms with E-state index < -0.39 is 0 Å². The zero-order chi connectivity index (χ0) is 26.5. The number of rotatable bonds is 5. The van der Waals surface area contributed by atoms with E-state index in [9.17, 15) is 14.4 Å². The third kappa shape index (κ3) is 7.66. The third-order valence-electron chi connectivity index (χ3n) is 5.49. The molecule has 194 valence electrons. The van der Waals surface area contributed by atoms with E-state index in [0.29, 0.717) is 47.6 Å². The molecule has 0 aromatic heterocycles. The molecule has 3 N–H and O–H groups in total. The van der Waals surface area contributed by atoms with Crippen LogP contribution < -0.4 is 20.9 Å². The van der Waals surface area contributed by atoms with Gasteiger partial charge in [0.2, 0.25) is 5.91 Å². The first-order valence-corrected chi connectivity index (χ1v) is 12.4. The summed E-state index contributed by atoms with van der Waals surface area (Å²) in [6, 6.07) is 12.0. The lowest BCUT2D eigenvalue weighted by Gasteiger charge is -2.36. The molecule has 5 amide bonds. The molecule has 9 nitrogen and oxygen atoms in total. The number of carbonyl (C=O) groups excluding carboxylic acids is 3. The molecule has 1 aliphatic heterocycles. The quantitative estimate of drug-likeness (QED) is 0.516. The van der Waals surface area contributed by atoms with E-state index in [1.807, 2.05) is 45.0 Å². The summed E-state index contributed by atoms with van der Waals surface area (Å²) in [6.07, 6.45) is 0. The van der Waals surface area contributed by atoms with Crippen LogP contribution in [-0.4, -0.2) is 73.1 Å². The van der Waals surface area contributed by atoms with E-state index in [0.717, 1.165) is 5.69 Å². The van der Waals surface area contributed by atoms with Crippen LogP contribution in [0.3, 0.4) is 0 Å². The monoisotopic (exact) mass is 534 g/mol. The number of benzene rings is 2. The molecule has 0 aliphatic carbocycles. The first-order chi connectivity index (χ1) is 16.9. The van der Waals surface area contributed by atoms with Gasteiger partial charge in [-0.1, -0.05) is 29.3 Å². The van der Waals surface area contributed by atoms with Gasteiger partial charge in [0.25, 0.3) is 0 Å². The van der Waals surface area contributed by atoms with E-state index in [-0.39, 0.29) is 30.1 Å². The van der Waals surface area contributed by atoms with E-state index in [4.69, 9.17) is 23.2 Å². The van der Waals surface area contributed by atoms with Crippen LogP contribution in [0.15, 0.2) is 42.5 Å². The SMILES string of the molecule is CN(CC(=O)Nc1ccc(N2CCN(C(=O)Nc3c(Cl)cccc3Cl)CC2)cc1)C(=O)NC(C)(C)C. The van der Waals surface area contributed by atoms with Gasteiger partial charge in [-0.3, -0.25) is 4.79 Å². The van der Waals surface area contributed by atoms with Gasteiger partial charge < -0.3 is 30.7 Å². The molecule has 2 aromatic rings. The zero-order valence-electron chi connectivity index (χ0n) is 20.9. The van der Waals surface area contributed by atoms with Crippen LogP contribution in [0.5, 0.6) is 0 Å². The van der Waals surface area contributed by atoms with Crippen molar-refractivity contribution < 1.29 is 14.4 Å². The lowest BCUT2D eigenvalue weighted by Crippen LogP contribution is -2.50. The molecule has 1 saturated heterocycles. The number of amides is 5. The third-order valence-corrected chi connectivity index (χ3v) is 6.12. The van der Waals surface area contributed by atoms with Crippen LogP contribution >= 0.6 is 23.2 Å². The van der Waals surface area contributed by atoms with Gasteiger partial charge in [-0.2, -0.15) is 0 Å². The molecule has 0 spiro atoms. The molecule has 0 bridgehead atoms. The largest absolute Gasteiger partial charge is 0.368 e.